The van der Waals surface area contributed by atoms with Crippen molar-refractivity contribution >= 4 is 82.0 Å². The Hall–Kier alpha value is -9.23. The number of fused-ring (bicyclic) bond motifs is 15. The van der Waals surface area contributed by atoms with Gasteiger partial charge in [0.2, 0.25) is 41.6 Å². The number of ether oxygens (including phenoxy) is 7. The molecule has 7 heterocycles. The molecule has 6 aromatic carbocycles. The highest BCUT2D eigenvalue weighted by Gasteiger charge is 2.53. The zero-order valence-corrected chi connectivity index (χ0v) is 69.9. The number of Topliss-reactive ketones (excluding diaryl/α,β-unsaturated/α-hetero) is 3. The molecule has 17 rings (SSSR count). The molecule has 31 nitrogen and oxygen atoms in total. The van der Waals surface area contributed by atoms with Crippen molar-refractivity contribution in [3.05, 3.63) is 141 Å². The molecule has 18 atom stereocenters. The van der Waals surface area contributed by atoms with E-state index >= 15 is 28.8 Å². The minimum absolute atomic E-state index is 0.0116. The lowest BCUT2D eigenvalue weighted by Crippen LogP contribution is -2.64. The Labute approximate surface area is 717 Å². The summed E-state index contributed by atoms with van der Waals surface area (Å²) in [5.41, 5.74) is 3.70. The number of nitrogens with one attached hydrogen (secondary N) is 5. The molecule has 6 fully saturated rings. The maximum absolute atomic E-state index is 16.8. The van der Waals surface area contributed by atoms with Crippen molar-refractivity contribution in [2.75, 3.05) is 19.8 Å². The monoisotopic (exact) mass is 1740 g/mol. The first-order valence-electron chi connectivity index (χ1n) is 41.2. The molecule has 4 saturated carbocycles. The Morgan fingerprint density at radius 2 is 1.34 bits per heavy atom. The van der Waals surface area contributed by atoms with Crippen LogP contribution in [0, 0.1) is 47.3 Å². The van der Waals surface area contributed by atoms with Crippen molar-refractivity contribution in [1.82, 2.24) is 26.0 Å². The standard InChI is InChI=1S/C88H102Cl2N6O25S/c1-6-42(19-38(2)3)83(111)94-74-61(102)28-49(31-69(105)96-122-52-12-10-51(11-13-52)115-18-17-97)84(112)92-72-48-29-66(117-64-15-8-44(76(74)106)26-57(64)89)80(121-87-81(79(109)78(108)68(37-98)119-87)120-70-36-88(5,91)82(110)39(4)116-70)67(30-48)118-65-16-9-45(27-58(65)90)77(107)75-86(114)93-73(63(104)34-53-46-21-40-20-41(23-46)24-47(53)22-40)56-32-50(99)33-60(101)71(56)55-25-43(7-14-59(55)100)54(35-62(72)103)85(113)95-75/h7-16,25-27,29-30,32-33,38-42,46-47,49,53-54,68,70,72-79,81-82,87,97-101,106-110H,6,17-24,28,31,34-37,91H2,1-5H3,(H,92,112)(H,93,114)(H,94,111)(H,95,113)(H,96,105)/t39-,40?,41?,42-,46?,47?,49-,53?,54-,68+,70-,72+,73-,74-,75+,76+,77-,78-,79-,81-,82+,87-,88-/m0/s1. The lowest BCUT2D eigenvalue weighted by Gasteiger charge is -2.54. The van der Waals surface area contributed by atoms with Gasteiger partial charge in [0.1, 0.15) is 95.8 Å². The number of benzene rings is 6. The van der Waals surface area contributed by atoms with Crippen LogP contribution in [0.4, 0.5) is 0 Å². The molecular weight excluding hydrogens is 1640 g/mol. The van der Waals surface area contributed by atoms with Gasteiger partial charge in [-0.3, -0.25) is 43.1 Å². The molecule has 34 heteroatoms. The van der Waals surface area contributed by atoms with Crippen LogP contribution in [0.3, 0.4) is 0 Å². The molecule has 4 aliphatic carbocycles. The van der Waals surface area contributed by atoms with Gasteiger partial charge in [0.15, 0.2) is 41.2 Å². The number of halogens is 2. The first kappa shape index (κ1) is 89.1. The van der Waals surface area contributed by atoms with Crippen LogP contribution in [0.2, 0.25) is 10.0 Å². The summed E-state index contributed by atoms with van der Waals surface area (Å²) in [7, 11) is 0. The van der Waals surface area contributed by atoms with Crippen LogP contribution in [0.5, 0.6) is 51.7 Å². The molecule has 7 aliphatic heterocycles. The molecule has 15 bridgehead atoms. The van der Waals surface area contributed by atoms with Gasteiger partial charge in [0, 0.05) is 65.6 Å². The summed E-state index contributed by atoms with van der Waals surface area (Å²) in [6.45, 7) is 7.37. The van der Waals surface area contributed by atoms with Crippen molar-refractivity contribution in [2.45, 2.75) is 214 Å². The first-order valence-corrected chi connectivity index (χ1v) is 42.8. The van der Waals surface area contributed by atoms with Crippen LogP contribution >= 0.6 is 35.1 Å². The molecule has 5 amide bonds. The summed E-state index contributed by atoms with van der Waals surface area (Å²) >= 11 is 15.4. The van der Waals surface area contributed by atoms with E-state index in [1.54, 1.807) is 31.2 Å². The molecule has 122 heavy (non-hydrogen) atoms. The van der Waals surface area contributed by atoms with Gasteiger partial charge in [0.05, 0.1) is 47.3 Å². The van der Waals surface area contributed by atoms with Gasteiger partial charge in [-0.05, 0) is 213 Å². The van der Waals surface area contributed by atoms with E-state index in [0.717, 1.165) is 74.4 Å². The minimum atomic E-state index is -2.20. The van der Waals surface area contributed by atoms with Crippen LogP contribution in [-0.2, 0) is 52.6 Å². The van der Waals surface area contributed by atoms with Gasteiger partial charge < -0.3 is 111 Å². The number of hydrogen-bond donors (Lipinski definition) is 16. The number of aliphatic hydroxyl groups is 7. The Morgan fingerprint density at radius 3 is 1.96 bits per heavy atom. The predicted molar refractivity (Wildman–Crippen MR) is 439 cm³/mol. The van der Waals surface area contributed by atoms with Gasteiger partial charge in [0.25, 0.3) is 0 Å². The second-order valence-corrected chi connectivity index (χ2v) is 35.9. The highest BCUT2D eigenvalue weighted by atomic mass is 35.5. The Kier molecular flexibility index (Phi) is 27.2. The number of amides is 5. The van der Waals surface area contributed by atoms with E-state index in [4.69, 9.17) is 62.1 Å². The number of phenolic OH excluding ortho intramolecular Hbond substituents is 3. The van der Waals surface area contributed by atoms with E-state index in [1.807, 2.05) is 13.8 Å². The van der Waals surface area contributed by atoms with Crippen molar-refractivity contribution in [2.24, 2.45) is 53.1 Å². The summed E-state index contributed by atoms with van der Waals surface area (Å²) in [6.07, 6.45) is -15.0. The third-order valence-corrected chi connectivity index (χ3v) is 26.4. The van der Waals surface area contributed by atoms with Crippen LogP contribution in [0.25, 0.3) is 11.1 Å². The number of aliphatic hydroxyl groups excluding tert-OH is 7. The number of aromatic hydroxyl groups is 3. The SMILES string of the molecule is CC[C@@H](CC(C)C)C(=O)N[C@H]1C(=O)C[C@@H](CC(=O)NSc2ccc(OCCO)cc2)C(=O)N[C@H]2C(=O)C[C@@H]3C(=O)N[C@@H](C(=O)N[C@H](C(=O)CC4C5CC6CC(C5)CC4C6)c4cc(O)cc(O)c4-c4cc3ccc4O)[C@@H](O)c3ccc(c(Cl)c3)Oc3cc2cc(c3O[C@@H]2O[C@H](CO)[C@H](O)[C@H](O)[C@@H]2O[C@H]2C[C@](C)(N)[C@H](O)[C@H](C)O2)Oc2ccc(cc2Cl)[C@H]1O. The molecule has 11 aliphatic rings. The predicted octanol–water partition coefficient (Wildman–Crippen LogP) is 8.18. The van der Waals surface area contributed by atoms with Gasteiger partial charge in [-0.2, -0.15) is 0 Å². The van der Waals surface area contributed by atoms with E-state index in [2.05, 4.69) is 26.0 Å². The number of carbonyl (C=O) groups excluding carboxylic acids is 8. The van der Waals surface area contributed by atoms with Crippen LogP contribution in [0.15, 0.2) is 108 Å². The fourth-order valence-corrected chi connectivity index (χ4v) is 20.0. The maximum atomic E-state index is 16.8. The van der Waals surface area contributed by atoms with E-state index in [1.165, 1.54) is 62.4 Å². The lowest BCUT2D eigenvalue weighted by molar-refractivity contribution is -0.333. The molecule has 0 spiro atoms. The first-order chi connectivity index (χ1) is 58.1. The number of rotatable bonds is 20. The highest BCUT2D eigenvalue weighted by Crippen LogP contribution is 2.59. The number of phenols is 3. The number of ketones is 3. The van der Waals surface area contributed by atoms with E-state index in [0.29, 0.717) is 28.9 Å². The van der Waals surface area contributed by atoms with Gasteiger partial charge >= 0.3 is 0 Å². The molecule has 0 unspecified atom stereocenters. The lowest BCUT2D eigenvalue weighted by atomic mass is 9.51. The third-order valence-electron chi connectivity index (χ3n) is 25.0. The van der Waals surface area contributed by atoms with Crippen LogP contribution in [0.1, 0.15) is 170 Å². The largest absolute Gasteiger partial charge is 0.508 e. The second-order valence-electron chi connectivity index (χ2n) is 34.2. The fourth-order valence-electron chi connectivity index (χ4n) is 18.9. The Balaban J connectivity index is 0.962. The molecule has 2 saturated heterocycles. The number of carbonyl (C=O) groups is 8. The topological polar surface area (TPSA) is 490 Å². The Bertz CT molecular complexity index is 4930. The number of hydrogen-bond acceptors (Lipinski definition) is 27. The molecule has 17 N–H and O–H groups in total. The van der Waals surface area contributed by atoms with Gasteiger partial charge in [-0.1, -0.05) is 62.2 Å². The summed E-state index contributed by atoms with van der Waals surface area (Å²) in [6, 6.07) is 13.8. The summed E-state index contributed by atoms with van der Waals surface area (Å²) in [5.74, 6) is -14.9. The normalized spacial score (nSPS) is 31.0. The molecule has 0 radical (unpaired) electrons. The summed E-state index contributed by atoms with van der Waals surface area (Å²) < 4.78 is 47.5. The average molecular weight is 1750 g/mol. The smallest absolute Gasteiger partial charge is 0.246 e. The van der Waals surface area contributed by atoms with E-state index in [9.17, 15) is 60.7 Å². The molecule has 6 aromatic rings. The summed E-state index contributed by atoms with van der Waals surface area (Å²) in [4.78, 5) is 126. The maximum Gasteiger partial charge on any atom is 0.246 e. The zero-order valence-electron chi connectivity index (χ0n) is 67.5. The number of nitrogens with two attached hydrogens (primary N) is 1. The quantitative estimate of drug-likeness (QED) is 0.0320. The third kappa shape index (κ3) is 19.2. The van der Waals surface area contributed by atoms with Crippen LogP contribution in [-0.4, -0.2) is 185 Å². The molecular formula is C88H102Cl2N6O25S. The van der Waals surface area contributed by atoms with Crippen LogP contribution < -0.4 is 50.7 Å². The van der Waals surface area contributed by atoms with Gasteiger partial charge in [-0.25, -0.2) is 0 Å². The second kappa shape index (κ2) is 37.3. The van der Waals surface area contributed by atoms with Crippen molar-refractivity contribution in [3.63, 3.8) is 0 Å². The van der Waals surface area contributed by atoms with Crippen molar-refractivity contribution in [1.29, 1.82) is 0 Å². The average Bonchev–Trinajstić information content (AvgIpc) is 0.751. The van der Waals surface area contributed by atoms with E-state index < -0.39 is 216 Å². The zero-order chi connectivity index (χ0) is 87.2. The highest BCUT2D eigenvalue weighted by molar-refractivity contribution is 7.98. The minimum Gasteiger partial charge on any atom is -0.508 e. The summed E-state index contributed by atoms with van der Waals surface area (Å²) in [5, 5.41) is 127. The Morgan fingerprint density at radius 1 is 0.697 bits per heavy atom. The van der Waals surface area contributed by atoms with Crippen molar-refractivity contribution < 1.29 is 123 Å². The van der Waals surface area contributed by atoms with Gasteiger partial charge in [-0.15, -0.1) is 0 Å². The van der Waals surface area contributed by atoms with E-state index in [-0.39, 0.29) is 117 Å². The fraction of sp³-hybridized carbons (Fsp3) is 0.500. The molecule has 654 valence electrons. The molecule has 0 aromatic heterocycles. The van der Waals surface area contributed by atoms with Crippen molar-refractivity contribution in [3.8, 4) is 62.9 Å².